The number of thiocarbonyl (C=S) groups is 1. The van der Waals surface area contributed by atoms with Crippen LogP contribution in [-0.2, 0) is 5.41 Å². The van der Waals surface area contributed by atoms with Gasteiger partial charge in [0.15, 0.2) is 0 Å². The number of ether oxygens (including phenoxy) is 1. The fraction of sp³-hybridized carbons (Fsp3) is 0.278. The van der Waals surface area contributed by atoms with Crippen molar-refractivity contribution in [2.45, 2.75) is 33.1 Å². The topological polar surface area (TPSA) is 35.2 Å². The Balaban J connectivity index is 2.49. The van der Waals surface area contributed by atoms with E-state index in [1.54, 1.807) is 0 Å². The lowest BCUT2D eigenvalue weighted by atomic mass is 9.86. The van der Waals surface area contributed by atoms with Crippen LogP contribution in [0, 0.1) is 6.92 Å². The molecule has 0 aliphatic heterocycles. The van der Waals surface area contributed by atoms with Gasteiger partial charge in [-0.05, 0) is 36.1 Å². The molecule has 0 heterocycles. The van der Waals surface area contributed by atoms with Crippen LogP contribution < -0.4 is 10.5 Å². The molecule has 2 nitrogen and oxygen atoms in total. The van der Waals surface area contributed by atoms with Crippen LogP contribution in [0.15, 0.2) is 42.5 Å². The number of nitrogens with two attached hydrogens (primary N) is 1. The molecule has 2 N–H and O–H groups in total. The minimum Gasteiger partial charge on any atom is -0.456 e. The Morgan fingerprint density at radius 2 is 1.71 bits per heavy atom. The van der Waals surface area contributed by atoms with Gasteiger partial charge < -0.3 is 10.5 Å². The highest BCUT2D eigenvalue weighted by atomic mass is 32.1. The van der Waals surface area contributed by atoms with E-state index in [1.807, 2.05) is 24.3 Å². The molecule has 3 heteroatoms. The summed E-state index contributed by atoms with van der Waals surface area (Å²) < 4.78 is 6.14. The van der Waals surface area contributed by atoms with Crippen molar-refractivity contribution in [3.8, 4) is 11.5 Å². The van der Waals surface area contributed by atoms with Crippen molar-refractivity contribution < 1.29 is 4.74 Å². The zero-order valence-electron chi connectivity index (χ0n) is 12.9. The SMILES string of the molecule is Cc1ccc(C(C)(C)C)c(Oc2ccccc2C(N)=S)c1. The Morgan fingerprint density at radius 1 is 1.05 bits per heavy atom. The van der Waals surface area contributed by atoms with E-state index < -0.39 is 0 Å². The molecule has 0 saturated carbocycles. The van der Waals surface area contributed by atoms with Gasteiger partial charge in [-0.1, -0.05) is 57.3 Å². The number of hydrogen-bond donors (Lipinski definition) is 1. The second-order valence-electron chi connectivity index (χ2n) is 6.21. The minimum atomic E-state index is 0.00119. The quantitative estimate of drug-likeness (QED) is 0.833. The number of hydrogen-bond acceptors (Lipinski definition) is 2. The second-order valence-corrected chi connectivity index (χ2v) is 6.65. The maximum absolute atomic E-state index is 6.14. The van der Waals surface area contributed by atoms with Gasteiger partial charge in [0.1, 0.15) is 16.5 Å². The summed E-state index contributed by atoms with van der Waals surface area (Å²) in [6.07, 6.45) is 0. The van der Waals surface area contributed by atoms with Crippen molar-refractivity contribution in [2.24, 2.45) is 5.73 Å². The third kappa shape index (κ3) is 3.61. The van der Waals surface area contributed by atoms with Gasteiger partial charge in [-0.25, -0.2) is 0 Å². The van der Waals surface area contributed by atoms with Crippen LogP contribution in [0.1, 0.15) is 37.5 Å². The Morgan fingerprint density at radius 3 is 2.33 bits per heavy atom. The first kappa shape index (κ1) is 15.5. The maximum atomic E-state index is 6.14. The minimum absolute atomic E-state index is 0.00119. The molecule has 0 aliphatic carbocycles. The van der Waals surface area contributed by atoms with E-state index in [1.165, 1.54) is 0 Å². The Kier molecular flexibility index (Phi) is 4.33. The molecule has 2 aromatic carbocycles. The Bertz CT molecular complexity index is 671. The molecule has 2 aromatic rings. The van der Waals surface area contributed by atoms with Crippen molar-refractivity contribution >= 4 is 17.2 Å². The average Bonchev–Trinajstić information content (AvgIpc) is 2.37. The molecular formula is C18H21NOS. The number of rotatable bonds is 3. The Hall–Kier alpha value is -1.87. The summed E-state index contributed by atoms with van der Waals surface area (Å²) in [6, 6.07) is 13.9. The molecular weight excluding hydrogens is 278 g/mol. The molecule has 2 rings (SSSR count). The molecule has 0 saturated heterocycles. The van der Waals surface area contributed by atoms with E-state index in [4.69, 9.17) is 22.7 Å². The summed E-state index contributed by atoms with van der Waals surface area (Å²) in [5.74, 6) is 1.55. The lowest BCUT2D eigenvalue weighted by Crippen LogP contribution is -2.14. The van der Waals surface area contributed by atoms with Gasteiger partial charge in [0, 0.05) is 5.56 Å². The van der Waals surface area contributed by atoms with Gasteiger partial charge in [0.05, 0.1) is 5.56 Å². The molecule has 0 aromatic heterocycles. The third-order valence-corrected chi connectivity index (χ3v) is 3.54. The molecule has 0 spiro atoms. The zero-order valence-corrected chi connectivity index (χ0v) is 13.8. The van der Waals surface area contributed by atoms with E-state index in [0.29, 0.717) is 10.7 Å². The number of benzene rings is 2. The van der Waals surface area contributed by atoms with Gasteiger partial charge in [-0.2, -0.15) is 0 Å². The van der Waals surface area contributed by atoms with E-state index in [2.05, 4.69) is 45.9 Å². The maximum Gasteiger partial charge on any atom is 0.137 e. The van der Waals surface area contributed by atoms with Crippen LogP contribution in [0.4, 0.5) is 0 Å². The van der Waals surface area contributed by atoms with Gasteiger partial charge in [0.25, 0.3) is 0 Å². The zero-order chi connectivity index (χ0) is 15.6. The molecule has 21 heavy (non-hydrogen) atoms. The predicted octanol–water partition coefficient (Wildman–Crippen LogP) is 4.72. The van der Waals surface area contributed by atoms with E-state index >= 15 is 0 Å². The molecule has 110 valence electrons. The summed E-state index contributed by atoms with van der Waals surface area (Å²) in [5.41, 5.74) is 8.85. The summed E-state index contributed by atoms with van der Waals surface area (Å²) in [5, 5.41) is 0. The highest BCUT2D eigenvalue weighted by molar-refractivity contribution is 7.80. The first-order valence-electron chi connectivity index (χ1n) is 6.97. The highest BCUT2D eigenvalue weighted by Gasteiger charge is 2.20. The summed E-state index contributed by atoms with van der Waals surface area (Å²) >= 11 is 5.10. The van der Waals surface area contributed by atoms with Crippen LogP contribution >= 0.6 is 12.2 Å². The van der Waals surface area contributed by atoms with Crippen molar-refractivity contribution in [3.05, 3.63) is 59.2 Å². The lowest BCUT2D eigenvalue weighted by Gasteiger charge is -2.23. The third-order valence-electron chi connectivity index (χ3n) is 3.32. The van der Waals surface area contributed by atoms with Crippen LogP contribution in [-0.4, -0.2) is 4.99 Å². The molecule has 0 amide bonds. The monoisotopic (exact) mass is 299 g/mol. The van der Waals surface area contributed by atoms with Crippen molar-refractivity contribution in [1.29, 1.82) is 0 Å². The van der Waals surface area contributed by atoms with Crippen LogP contribution in [0.2, 0.25) is 0 Å². The van der Waals surface area contributed by atoms with Gasteiger partial charge >= 0.3 is 0 Å². The van der Waals surface area contributed by atoms with Crippen molar-refractivity contribution in [1.82, 2.24) is 0 Å². The fourth-order valence-corrected chi connectivity index (χ4v) is 2.38. The van der Waals surface area contributed by atoms with Crippen LogP contribution in [0.5, 0.6) is 11.5 Å². The molecule has 0 aliphatic rings. The predicted molar refractivity (Wildman–Crippen MR) is 92.3 cm³/mol. The first-order chi connectivity index (χ1) is 9.79. The smallest absolute Gasteiger partial charge is 0.137 e. The molecule has 0 fully saturated rings. The van der Waals surface area contributed by atoms with Gasteiger partial charge in [-0.3, -0.25) is 0 Å². The van der Waals surface area contributed by atoms with Crippen molar-refractivity contribution in [2.75, 3.05) is 0 Å². The molecule has 0 bridgehead atoms. The molecule has 0 atom stereocenters. The average molecular weight is 299 g/mol. The first-order valence-corrected chi connectivity index (χ1v) is 7.37. The van der Waals surface area contributed by atoms with Gasteiger partial charge in [0.2, 0.25) is 0 Å². The summed E-state index contributed by atoms with van der Waals surface area (Å²) in [6.45, 7) is 8.57. The summed E-state index contributed by atoms with van der Waals surface area (Å²) in [7, 11) is 0. The number of para-hydroxylation sites is 1. The molecule has 0 radical (unpaired) electrons. The summed E-state index contributed by atoms with van der Waals surface area (Å²) in [4.78, 5) is 0.343. The van der Waals surface area contributed by atoms with Gasteiger partial charge in [-0.15, -0.1) is 0 Å². The lowest BCUT2D eigenvalue weighted by molar-refractivity contribution is 0.454. The van der Waals surface area contributed by atoms with E-state index in [-0.39, 0.29) is 5.41 Å². The van der Waals surface area contributed by atoms with Crippen LogP contribution in [0.3, 0.4) is 0 Å². The normalized spacial score (nSPS) is 11.2. The van der Waals surface area contributed by atoms with E-state index in [9.17, 15) is 0 Å². The van der Waals surface area contributed by atoms with Crippen LogP contribution in [0.25, 0.3) is 0 Å². The fourth-order valence-electron chi connectivity index (χ4n) is 2.21. The van der Waals surface area contributed by atoms with Crippen molar-refractivity contribution in [3.63, 3.8) is 0 Å². The van der Waals surface area contributed by atoms with E-state index in [0.717, 1.165) is 22.4 Å². The highest BCUT2D eigenvalue weighted by Crippen LogP contribution is 2.35. The number of aryl methyl sites for hydroxylation is 1. The molecule has 0 unspecified atom stereocenters. The Labute approximate surface area is 131 Å². The second kappa shape index (κ2) is 5.86. The standard InChI is InChI=1S/C18H21NOS/c1-12-9-10-14(18(2,3)4)16(11-12)20-15-8-6-5-7-13(15)17(19)21/h5-11H,1-4H3,(H2,19,21). The largest absolute Gasteiger partial charge is 0.456 e.